The highest BCUT2D eigenvalue weighted by atomic mass is 35.5. The van der Waals surface area contributed by atoms with Gasteiger partial charge in [0.2, 0.25) is 0 Å². The van der Waals surface area contributed by atoms with E-state index >= 15 is 0 Å². The summed E-state index contributed by atoms with van der Waals surface area (Å²) in [6, 6.07) is 12.1. The minimum atomic E-state index is -0.965. The normalized spacial score (nSPS) is 10.2. The van der Waals surface area contributed by atoms with Crippen LogP contribution in [0.1, 0.15) is 15.9 Å². The second kappa shape index (κ2) is 6.99. The number of rotatable bonds is 6. The molecule has 5 heteroatoms. The standard InChI is InChI=1S/C16H16ClNO3/c1-11-14(17)6-3-7-15(11)18-8-9-21-13-5-2-4-12(10-13)16(19)20/h2-7,10,18H,8-9H2,1H3,(H,19,20). The maximum atomic E-state index is 10.9. The van der Waals surface area contributed by atoms with Crippen molar-refractivity contribution in [2.75, 3.05) is 18.5 Å². The van der Waals surface area contributed by atoms with E-state index in [9.17, 15) is 4.79 Å². The van der Waals surface area contributed by atoms with Crippen molar-refractivity contribution in [3.8, 4) is 5.75 Å². The van der Waals surface area contributed by atoms with E-state index in [1.807, 2.05) is 25.1 Å². The Labute approximate surface area is 128 Å². The highest BCUT2D eigenvalue weighted by Crippen LogP contribution is 2.22. The number of carbonyl (C=O) groups is 1. The molecule has 0 saturated heterocycles. The lowest BCUT2D eigenvalue weighted by molar-refractivity contribution is 0.0696. The molecule has 0 saturated carbocycles. The first-order chi connectivity index (χ1) is 10.1. The van der Waals surface area contributed by atoms with Gasteiger partial charge in [-0.2, -0.15) is 0 Å². The van der Waals surface area contributed by atoms with Crippen molar-refractivity contribution in [2.45, 2.75) is 6.92 Å². The zero-order chi connectivity index (χ0) is 15.2. The molecule has 2 N–H and O–H groups in total. The number of anilines is 1. The number of hydrogen-bond acceptors (Lipinski definition) is 3. The van der Waals surface area contributed by atoms with Crippen LogP contribution in [-0.4, -0.2) is 24.2 Å². The summed E-state index contributed by atoms with van der Waals surface area (Å²) < 4.78 is 5.53. The predicted octanol–water partition coefficient (Wildman–Crippen LogP) is 3.84. The quantitative estimate of drug-likeness (QED) is 0.796. The number of halogens is 1. The topological polar surface area (TPSA) is 58.6 Å². The second-order valence-electron chi connectivity index (χ2n) is 4.52. The van der Waals surface area contributed by atoms with E-state index in [2.05, 4.69) is 5.32 Å². The molecule has 0 aliphatic carbocycles. The summed E-state index contributed by atoms with van der Waals surface area (Å²) in [5.74, 6) is -0.423. The van der Waals surface area contributed by atoms with Gasteiger partial charge in [-0.25, -0.2) is 4.79 Å². The predicted molar refractivity (Wildman–Crippen MR) is 83.6 cm³/mol. The third-order valence-corrected chi connectivity index (χ3v) is 3.44. The van der Waals surface area contributed by atoms with Gasteiger partial charge in [-0.1, -0.05) is 23.7 Å². The van der Waals surface area contributed by atoms with Crippen LogP contribution in [0.5, 0.6) is 5.75 Å². The number of carboxylic acids is 1. The number of carboxylic acid groups (broad SMARTS) is 1. The van der Waals surface area contributed by atoms with Crippen LogP contribution in [0.3, 0.4) is 0 Å². The molecule has 0 heterocycles. The molecule has 0 spiro atoms. The molecular weight excluding hydrogens is 290 g/mol. The van der Waals surface area contributed by atoms with Crippen molar-refractivity contribution in [1.29, 1.82) is 0 Å². The van der Waals surface area contributed by atoms with Gasteiger partial charge in [0.05, 0.1) is 5.56 Å². The fraction of sp³-hybridized carbons (Fsp3) is 0.188. The Bertz CT molecular complexity index is 643. The third kappa shape index (κ3) is 4.13. The minimum absolute atomic E-state index is 0.214. The number of hydrogen-bond donors (Lipinski definition) is 2. The van der Waals surface area contributed by atoms with E-state index in [0.29, 0.717) is 18.9 Å². The summed E-state index contributed by atoms with van der Waals surface area (Å²) in [6.45, 7) is 2.97. The summed E-state index contributed by atoms with van der Waals surface area (Å²) in [7, 11) is 0. The summed E-state index contributed by atoms with van der Waals surface area (Å²) in [6.07, 6.45) is 0. The SMILES string of the molecule is Cc1c(Cl)cccc1NCCOc1cccc(C(=O)O)c1. The minimum Gasteiger partial charge on any atom is -0.492 e. The van der Waals surface area contributed by atoms with E-state index in [0.717, 1.165) is 16.3 Å². The van der Waals surface area contributed by atoms with Gasteiger partial charge in [-0.15, -0.1) is 0 Å². The average Bonchev–Trinajstić information content (AvgIpc) is 2.48. The molecule has 0 aromatic heterocycles. The first-order valence-electron chi connectivity index (χ1n) is 6.53. The molecule has 2 rings (SSSR count). The van der Waals surface area contributed by atoms with Crippen molar-refractivity contribution in [2.24, 2.45) is 0 Å². The number of nitrogens with one attached hydrogen (secondary N) is 1. The average molecular weight is 306 g/mol. The molecule has 0 unspecified atom stereocenters. The smallest absolute Gasteiger partial charge is 0.335 e. The second-order valence-corrected chi connectivity index (χ2v) is 4.93. The van der Waals surface area contributed by atoms with Crippen molar-refractivity contribution >= 4 is 23.3 Å². The monoisotopic (exact) mass is 305 g/mol. The van der Waals surface area contributed by atoms with Crippen LogP contribution in [0.2, 0.25) is 5.02 Å². The molecule has 0 fully saturated rings. The molecule has 0 radical (unpaired) electrons. The Hall–Kier alpha value is -2.20. The van der Waals surface area contributed by atoms with E-state index in [4.69, 9.17) is 21.4 Å². The number of aromatic carboxylic acids is 1. The third-order valence-electron chi connectivity index (χ3n) is 3.03. The largest absolute Gasteiger partial charge is 0.492 e. The Morgan fingerprint density at radius 1 is 1.29 bits per heavy atom. The first kappa shape index (κ1) is 15.2. The Morgan fingerprint density at radius 3 is 2.81 bits per heavy atom. The van der Waals surface area contributed by atoms with Crippen LogP contribution in [0.4, 0.5) is 5.69 Å². The maximum Gasteiger partial charge on any atom is 0.335 e. The highest BCUT2D eigenvalue weighted by molar-refractivity contribution is 6.31. The van der Waals surface area contributed by atoms with Crippen LogP contribution in [0.25, 0.3) is 0 Å². The molecular formula is C16H16ClNO3. The summed E-state index contributed by atoms with van der Waals surface area (Å²) in [4.78, 5) is 10.9. The summed E-state index contributed by atoms with van der Waals surface area (Å²) >= 11 is 6.04. The Kier molecular flexibility index (Phi) is 5.06. The van der Waals surface area contributed by atoms with Crippen molar-refractivity contribution < 1.29 is 14.6 Å². The fourth-order valence-corrected chi connectivity index (χ4v) is 2.05. The molecule has 0 bridgehead atoms. The zero-order valence-corrected chi connectivity index (χ0v) is 12.4. The fourth-order valence-electron chi connectivity index (χ4n) is 1.87. The van der Waals surface area contributed by atoms with Crippen molar-refractivity contribution in [3.05, 3.63) is 58.6 Å². The number of benzene rings is 2. The molecule has 0 aliphatic heterocycles. The lowest BCUT2D eigenvalue weighted by atomic mass is 10.2. The Morgan fingerprint density at radius 2 is 2.05 bits per heavy atom. The van der Waals surface area contributed by atoms with Crippen LogP contribution in [-0.2, 0) is 0 Å². The summed E-state index contributed by atoms with van der Waals surface area (Å²) in [5.41, 5.74) is 2.17. The molecule has 110 valence electrons. The molecule has 0 atom stereocenters. The molecule has 0 aliphatic rings. The van der Waals surface area contributed by atoms with E-state index < -0.39 is 5.97 Å². The number of ether oxygens (including phenoxy) is 1. The van der Waals surface area contributed by atoms with Gasteiger partial charge in [0.1, 0.15) is 12.4 Å². The van der Waals surface area contributed by atoms with E-state index in [1.165, 1.54) is 12.1 Å². The van der Waals surface area contributed by atoms with Gasteiger partial charge in [0, 0.05) is 17.3 Å². The lowest BCUT2D eigenvalue weighted by Gasteiger charge is -2.11. The van der Waals surface area contributed by atoms with Crippen molar-refractivity contribution in [3.63, 3.8) is 0 Å². The van der Waals surface area contributed by atoms with Crippen molar-refractivity contribution in [1.82, 2.24) is 0 Å². The van der Waals surface area contributed by atoms with Crippen LogP contribution in [0, 0.1) is 6.92 Å². The van der Waals surface area contributed by atoms with Crippen LogP contribution < -0.4 is 10.1 Å². The van der Waals surface area contributed by atoms with Gasteiger partial charge in [-0.3, -0.25) is 0 Å². The van der Waals surface area contributed by atoms with E-state index in [-0.39, 0.29) is 5.56 Å². The molecule has 4 nitrogen and oxygen atoms in total. The highest BCUT2D eigenvalue weighted by Gasteiger charge is 2.04. The lowest BCUT2D eigenvalue weighted by Crippen LogP contribution is -2.12. The molecule has 2 aromatic carbocycles. The molecule has 0 amide bonds. The zero-order valence-electron chi connectivity index (χ0n) is 11.6. The van der Waals surface area contributed by atoms with Gasteiger partial charge in [0.25, 0.3) is 0 Å². The van der Waals surface area contributed by atoms with Gasteiger partial charge in [0.15, 0.2) is 0 Å². The van der Waals surface area contributed by atoms with Gasteiger partial charge in [-0.05, 0) is 42.8 Å². The van der Waals surface area contributed by atoms with Gasteiger partial charge < -0.3 is 15.2 Å². The Balaban J connectivity index is 1.86. The summed E-state index contributed by atoms with van der Waals surface area (Å²) in [5, 5.41) is 12.9. The molecule has 2 aromatic rings. The maximum absolute atomic E-state index is 10.9. The van der Waals surface area contributed by atoms with Crippen LogP contribution in [0.15, 0.2) is 42.5 Å². The van der Waals surface area contributed by atoms with Crippen LogP contribution >= 0.6 is 11.6 Å². The molecule has 21 heavy (non-hydrogen) atoms. The first-order valence-corrected chi connectivity index (χ1v) is 6.91. The van der Waals surface area contributed by atoms with Gasteiger partial charge >= 0.3 is 5.97 Å². The van der Waals surface area contributed by atoms with E-state index in [1.54, 1.807) is 12.1 Å².